The van der Waals surface area contributed by atoms with Gasteiger partial charge in [-0.25, -0.2) is 0 Å². The average Bonchev–Trinajstić information content (AvgIpc) is 2.12. The molecule has 0 saturated heterocycles. The first-order valence-corrected chi connectivity index (χ1v) is 5.87. The Balaban J connectivity index is 3.97. The third-order valence-electron chi connectivity index (χ3n) is 1.94. The SMILES string of the molecule is CCC(CC(N)=S)NC(=O)COC(C)(C)C. The maximum atomic E-state index is 11.5. The molecule has 1 atom stereocenters. The van der Waals surface area contributed by atoms with Gasteiger partial charge in [-0.05, 0) is 27.2 Å². The fourth-order valence-corrected chi connectivity index (χ4v) is 1.29. The summed E-state index contributed by atoms with van der Waals surface area (Å²) in [5, 5.41) is 2.84. The highest BCUT2D eigenvalue weighted by atomic mass is 32.1. The van der Waals surface area contributed by atoms with E-state index in [9.17, 15) is 4.79 Å². The van der Waals surface area contributed by atoms with Gasteiger partial charge < -0.3 is 15.8 Å². The van der Waals surface area contributed by atoms with Crippen molar-refractivity contribution < 1.29 is 9.53 Å². The molecule has 0 aromatic rings. The van der Waals surface area contributed by atoms with Crippen LogP contribution in [-0.4, -0.2) is 29.1 Å². The molecule has 0 aromatic carbocycles. The number of carbonyl (C=O) groups excluding carboxylic acids is 1. The first-order valence-electron chi connectivity index (χ1n) is 5.46. The van der Waals surface area contributed by atoms with Crippen LogP contribution in [0.1, 0.15) is 40.5 Å². The van der Waals surface area contributed by atoms with E-state index in [0.717, 1.165) is 6.42 Å². The van der Waals surface area contributed by atoms with Gasteiger partial charge in [-0.15, -0.1) is 0 Å². The van der Waals surface area contributed by atoms with Crippen LogP contribution < -0.4 is 11.1 Å². The van der Waals surface area contributed by atoms with Gasteiger partial charge in [0.1, 0.15) is 6.61 Å². The fraction of sp³-hybridized carbons (Fsp3) is 0.818. The minimum Gasteiger partial charge on any atom is -0.393 e. The molecule has 0 heterocycles. The van der Waals surface area contributed by atoms with Crippen molar-refractivity contribution in [2.75, 3.05) is 6.61 Å². The normalized spacial score (nSPS) is 13.2. The molecule has 0 aliphatic carbocycles. The molecular weight excluding hydrogens is 224 g/mol. The highest BCUT2D eigenvalue weighted by molar-refractivity contribution is 7.80. The summed E-state index contributed by atoms with van der Waals surface area (Å²) in [5.74, 6) is -0.127. The molecule has 16 heavy (non-hydrogen) atoms. The molecule has 0 bridgehead atoms. The lowest BCUT2D eigenvalue weighted by Crippen LogP contribution is -2.40. The molecule has 0 aliphatic heterocycles. The van der Waals surface area contributed by atoms with Crippen LogP contribution in [-0.2, 0) is 9.53 Å². The second-order valence-corrected chi connectivity index (χ2v) is 5.27. The molecule has 5 heteroatoms. The zero-order valence-electron chi connectivity index (χ0n) is 10.5. The molecule has 0 fully saturated rings. The molecular formula is C11H22N2O2S. The van der Waals surface area contributed by atoms with E-state index in [0.29, 0.717) is 11.4 Å². The zero-order valence-corrected chi connectivity index (χ0v) is 11.3. The molecule has 0 radical (unpaired) electrons. The molecule has 0 spiro atoms. The van der Waals surface area contributed by atoms with Crippen molar-refractivity contribution in [3.8, 4) is 0 Å². The first-order chi connectivity index (χ1) is 7.24. The van der Waals surface area contributed by atoms with Gasteiger partial charge in [0, 0.05) is 12.5 Å². The van der Waals surface area contributed by atoms with Crippen LogP contribution in [0.3, 0.4) is 0 Å². The Bertz CT molecular complexity index is 249. The summed E-state index contributed by atoms with van der Waals surface area (Å²) in [5.41, 5.74) is 5.13. The number of ether oxygens (including phenoxy) is 1. The van der Waals surface area contributed by atoms with E-state index in [1.165, 1.54) is 0 Å². The maximum absolute atomic E-state index is 11.5. The van der Waals surface area contributed by atoms with Crippen LogP contribution in [0.5, 0.6) is 0 Å². The van der Waals surface area contributed by atoms with Crippen LogP contribution >= 0.6 is 12.2 Å². The molecule has 0 aliphatic rings. The van der Waals surface area contributed by atoms with E-state index in [1.807, 2.05) is 27.7 Å². The van der Waals surface area contributed by atoms with Crippen molar-refractivity contribution in [1.82, 2.24) is 5.32 Å². The van der Waals surface area contributed by atoms with E-state index < -0.39 is 0 Å². The van der Waals surface area contributed by atoms with Crippen LogP contribution in [0.2, 0.25) is 0 Å². The van der Waals surface area contributed by atoms with Crippen molar-refractivity contribution in [3.63, 3.8) is 0 Å². The van der Waals surface area contributed by atoms with E-state index in [-0.39, 0.29) is 24.2 Å². The molecule has 1 amide bonds. The van der Waals surface area contributed by atoms with Gasteiger partial charge in [0.2, 0.25) is 5.91 Å². The quantitative estimate of drug-likeness (QED) is 0.695. The summed E-state index contributed by atoms with van der Waals surface area (Å²) in [4.78, 5) is 11.9. The van der Waals surface area contributed by atoms with Gasteiger partial charge in [0.15, 0.2) is 0 Å². The van der Waals surface area contributed by atoms with Gasteiger partial charge in [-0.3, -0.25) is 4.79 Å². The summed E-state index contributed by atoms with van der Waals surface area (Å²) >= 11 is 4.81. The number of rotatable bonds is 6. The number of thiocarbonyl (C=S) groups is 1. The Kier molecular flexibility index (Phi) is 6.52. The van der Waals surface area contributed by atoms with Gasteiger partial charge in [0.25, 0.3) is 0 Å². The maximum Gasteiger partial charge on any atom is 0.246 e. The van der Waals surface area contributed by atoms with E-state index in [4.69, 9.17) is 22.7 Å². The van der Waals surface area contributed by atoms with E-state index >= 15 is 0 Å². The number of amides is 1. The van der Waals surface area contributed by atoms with Crippen molar-refractivity contribution in [2.24, 2.45) is 5.73 Å². The Morgan fingerprint density at radius 1 is 1.50 bits per heavy atom. The molecule has 3 N–H and O–H groups in total. The predicted molar refractivity (Wildman–Crippen MR) is 69.3 cm³/mol. The summed E-state index contributed by atoms with van der Waals surface area (Å²) in [7, 11) is 0. The van der Waals surface area contributed by atoms with Crippen LogP contribution in [0.4, 0.5) is 0 Å². The van der Waals surface area contributed by atoms with Crippen molar-refractivity contribution in [3.05, 3.63) is 0 Å². The summed E-state index contributed by atoms with van der Waals surface area (Å²) in [6.45, 7) is 7.77. The second-order valence-electron chi connectivity index (χ2n) is 4.74. The Morgan fingerprint density at radius 2 is 2.06 bits per heavy atom. The highest BCUT2D eigenvalue weighted by Crippen LogP contribution is 2.06. The third kappa shape index (κ3) is 8.61. The Hall–Kier alpha value is -0.680. The minimum atomic E-state index is -0.303. The van der Waals surface area contributed by atoms with Gasteiger partial charge in [-0.2, -0.15) is 0 Å². The van der Waals surface area contributed by atoms with Gasteiger partial charge in [-0.1, -0.05) is 19.1 Å². The largest absolute Gasteiger partial charge is 0.393 e. The average molecular weight is 246 g/mol. The van der Waals surface area contributed by atoms with Crippen molar-refractivity contribution in [2.45, 2.75) is 52.2 Å². The molecule has 1 unspecified atom stereocenters. The lowest BCUT2D eigenvalue weighted by molar-refractivity contribution is -0.131. The fourth-order valence-electron chi connectivity index (χ4n) is 1.09. The standard InChI is InChI=1S/C11H22N2O2S/c1-5-8(6-9(12)16)13-10(14)7-15-11(2,3)4/h8H,5-7H2,1-4H3,(H2,12,16)(H,13,14). The number of hydrogen-bond donors (Lipinski definition) is 2. The third-order valence-corrected chi connectivity index (χ3v) is 2.11. The van der Waals surface area contributed by atoms with Crippen molar-refractivity contribution in [1.29, 1.82) is 0 Å². The number of nitrogens with two attached hydrogens (primary N) is 1. The zero-order chi connectivity index (χ0) is 12.8. The lowest BCUT2D eigenvalue weighted by Gasteiger charge is -2.21. The summed E-state index contributed by atoms with van der Waals surface area (Å²) in [6.07, 6.45) is 1.34. The van der Waals surface area contributed by atoms with Crippen LogP contribution in [0, 0.1) is 0 Å². The van der Waals surface area contributed by atoms with Crippen LogP contribution in [0.15, 0.2) is 0 Å². The molecule has 0 aromatic heterocycles. The topological polar surface area (TPSA) is 64.3 Å². The highest BCUT2D eigenvalue weighted by Gasteiger charge is 2.15. The number of carbonyl (C=O) groups is 1. The van der Waals surface area contributed by atoms with E-state index in [2.05, 4.69) is 5.32 Å². The van der Waals surface area contributed by atoms with Crippen LogP contribution in [0.25, 0.3) is 0 Å². The summed E-state index contributed by atoms with van der Waals surface area (Å²) in [6, 6.07) is 0.00793. The second kappa shape index (κ2) is 6.81. The first kappa shape index (κ1) is 15.3. The molecule has 94 valence electrons. The molecule has 4 nitrogen and oxygen atoms in total. The summed E-state index contributed by atoms with van der Waals surface area (Å²) < 4.78 is 5.37. The smallest absolute Gasteiger partial charge is 0.246 e. The number of nitrogens with one attached hydrogen (secondary N) is 1. The van der Waals surface area contributed by atoms with Gasteiger partial charge >= 0.3 is 0 Å². The van der Waals surface area contributed by atoms with Gasteiger partial charge in [0.05, 0.1) is 10.6 Å². The molecule has 0 saturated carbocycles. The van der Waals surface area contributed by atoms with E-state index in [1.54, 1.807) is 0 Å². The Labute approximate surface area is 103 Å². The lowest BCUT2D eigenvalue weighted by atomic mass is 10.1. The predicted octanol–water partition coefficient (Wildman–Crippen LogP) is 1.37. The monoisotopic (exact) mass is 246 g/mol. The Morgan fingerprint density at radius 3 is 2.44 bits per heavy atom. The van der Waals surface area contributed by atoms with Crippen molar-refractivity contribution >= 4 is 23.1 Å². The molecule has 0 rings (SSSR count). The number of hydrogen-bond acceptors (Lipinski definition) is 3. The minimum absolute atomic E-state index is 0.00793.